The fraction of sp³-hybridized carbons (Fsp3) is 0.250. The molecular formula is C16H18ClFIN4PS. The molecule has 0 bridgehead atoms. The second-order valence-corrected chi connectivity index (χ2v) is 8.01. The summed E-state index contributed by atoms with van der Waals surface area (Å²) >= 11 is 9.93. The molecule has 0 saturated heterocycles. The summed E-state index contributed by atoms with van der Waals surface area (Å²) in [5, 5.41) is 3.70. The minimum atomic E-state index is -0.260. The molecule has 0 saturated carbocycles. The maximum atomic E-state index is 13.4. The van der Waals surface area contributed by atoms with Gasteiger partial charge in [0.25, 0.3) is 0 Å². The minimum absolute atomic E-state index is 0.260. The number of rotatable bonds is 4. The van der Waals surface area contributed by atoms with Crippen molar-refractivity contribution in [2.45, 2.75) is 25.7 Å². The Labute approximate surface area is 170 Å². The normalized spacial score (nSPS) is 11.0. The number of nitrogens with one attached hydrogen (secondary N) is 1. The Bertz CT molecular complexity index is 890. The molecule has 1 atom stereocenters. The summed E-state index contributed by atoms with van der Waals surface area (Å²) in [6.45, 7) is 5.94. The third-order valence-corrected chi connectivity index (χ3v) is 6.39. The van der Waals surface area contributed by atoms with E-state index < -0.39 is 0 Å². The van der Waals surface area contributed by atoms with Gasteiger partial charge in [0.2, 0.25) is 0 Å². The molecular weight excluding hydrogens is 493 g/mol. The molecule has 3 aromatic rings. The number of aryl methyl sites for hydroxylation is 1. The summed E-state index contributed by atoms with van der Waals surface area (Å²) in [4.78, 5) is 9.80. The second kappa shape index (κ2) is 9.35. The summed E-state index contributed by atoms with van der Waals surface area (Å²) < 4.78 is 15.4. The fourth-order valence-corrected chi connectivity index (χ4v) is 5.13. The summed E-state index contributed by atoms with van der Waals surface area (Å²) in [7, 11) is 0. The molecule has 2 aromatic heterocycles. The topological polar surface area (TPSA) is 42.7 Å². The van der Waals surface area contributed by atoms with Crippen LogP contribution in [0, 0.1) is 12.7 Å². The molecule has 1 unspecified atom stereocenters. The van der Waals surface area contributed by atoms with Gasteiger partial charge in [0.05, 0.1) is 17.7 Å². The SMILES string of the molecule is CC.CSc1cc(F)ccc1Nc1cc(Cl)nc2c1nc(C)n2PI. The minimum Gasteiger partial charge on any atom is -0.353 e. The largest absolute Gasteiger partial charge is 0.353 e. The standard InChI is InChI=1S/C14H12ClFIN4PS.C2H6/c1-7-18-13-10(6-12(15)20-14(13)21(7)22-17)19-9-4-3-8(16)5-11(9)23-2;1-2/h3-6,22H,1-2H3,(H,19,20);1-2H3. The van der Waals surface area contributed by atoms with Crippen LogP contribution in [0.15, 0.2) is 29.2 Å². The van der Waals surface area contributed by atoms with Crippen molar-refractivity contribution in [3.63, 3.8) is 0 Å². The lowest BCUT2D eigenvalue weighted by Crippen LogP contribution is -1.96. The number of thioether (sulfide) groups is 1. The maximum Gasteiger partial charge on any atom is 0.167 e. The number of fused-ring (bicyclic) bond motifs is 1. The molecule has 134 valence electrons. The van der Waals surface area contributed by atoms with Gasteiger partial charge >= 0.3 is 0 Å². The zero-order valence-corrected chi connectivity index (χ0v) is 18.9. The third kappa shape index (κ3) is 4.56. The van der Waals surface area contributed by atoms with Gasteiger partial charge in [-0.05, 0) is 53.4 Å². The second-order valence-electron chi connectivity index (χ2n) is 4.71. The first-order valence-corrected chi connectivity index (χ1v) is 13.2. The average molecular weight is 511 g/mol. The van der Waals surface area contributed by atoms with E-state index in [0.717, 1.165) is 33.3 Å². The van der Waals surface area contributed by atoms with Crippen LogP contribution in [-0.4, -0.2) is 20.6 Å². The number of pyridine rings is 1. The summed E-state index contributed by atoms with van der Waals surface area (Å²) in [6, 6.07) is 6.39. The van der Waals surface area contributed by atoms with E-state index in [4.69, 9.17) is 11.6 Å². The van der Waals surface area contributed by atoms with E-state index in [1.807, 2.05) is 31.4 Å². The molecule has 3 rings (SSSR count). The van der Waals surface area contributed by atoms with Crippen molar-refractivity contribution >= 4 is 74.3 Å². The molecule has 0 aliphatic carbocycles. The van der Waals surface area contributed by atoms with Gasteiger partial charge in [-0.2, -0.15) is 0 Å². The Hall–Kier alpha value is -0.630. The van der Waals surface area contributed by atoms with Gasteiger partial charge in [-0.1, -0.05) is 25.4 Å². The van der Waals surface area contributed by atoms with Crippen LogP contribution in [0.25, 0.3) is 11.2 Å². The van der Waals surface area contributed by atoms with E-state index in [9.17, 15) is 4.39 Å². The van der Waals surface area contributed by atoms with Crippen LogP contribution in [0.4, 0.5) is 15.8 Å². The quantitative estimate of drug-likeness (QED) is 0.181. The Kier molecular flexibility index (Phi) is 7.73. The molecule has 0 radical (unpaired) electrons. The first-order chi connectivity index (χ1) is 12.0. The van der Waals surface area contributed by atoms with E-state index in [2.05, 4.69) is 37.3 Å². The summed E-state index contributed by atoms with van der Waals surface area (Å²) in [5.41, 5.74) is 3.08. The lowest BCUT2D eigenvalue weighted by atomic mass is 10.3. The molecule has 9 heteroatoms. The van der Waals surface area contributed by atoms with Crippen molar-refractivity contribution < 1.29 is 4.39 Å². The van der Waals surface area contributed by atoms with Gasteiger partial charge in [0.15, 0.2) is 5.65 Å². The van der Waals surface area contributed by atoms with Crippen molar-refractivity contribution in [2.75, 3.05) is 11.6 Å². The molecule has 2 heterocycles. The van der Waals surface area contributed by atoms with E-state index in [1.54, 1.807) is 12.1 Å². The Morgan fingerprint density at radius 2 is 1.96 bits per heavy atom. The Morgan fingerprint density at radius 3 is 2.60 bits per heavy atom. The Morgan fingerprint density at radius 1 is 1.24 bits per heavy atom. The lowest BCUT2D eigenvalue weighted by Gasteiger charge is -2.11. The zero-order valence-electron chi connectivity index (χ0n) is 14.2. The fourth-order valence-electron chi connectivity index (χ4n) is 2.24. The van der Waals surface area contributed by atoms with E-state index in [-0.39, 0.29) is 5.82 Å². The molecule has 4 nitrogen and oxygen atoms in total. The van der Waals surface area contributed by atoms with Crippen molar-refractivity contribution in [1.82, 2.24) is 14.3 Å². The molecule has 0 aliphatic rings. The number of hydrogen-bond acceptors (Lipinski definition) is 4. The van der Waals surface area contributed by atoms with Crippen LogP contribution in [0.3, 0.4) is 0 Å². The van der Waals surface area contributed by atoms with E-state index in [0.29, 0.717) is 11.5 Å². The predicted molar refractivity (Wildman–Crippen MR) is 118 cm³/mol. The number of imidazole rings is 1. The number of nitrogens with zero attached hydrogens (tertiary/aromatic N) is 3. The van der Waals surface area contributed by atoms with Crippen LogP contribution in [0.5, 0.6) is 0 Å². The maximum absolute atomic E-state index is 13.4. The molecule has 25 heavy (non-hydrogen) atoms. The number of hydrogen-bond donors (Lipinski definition) is 1. The van der Waals surface area contributed by atoms with Crippen molar-refractivity contribution in [3.8, 4) is 0 Å². The van der Waals surface area contributed by atoms with Crippen molar-refractivity contribution in [3.05, 3.63) is 41.1 Å². The molecule has 0 spiro atoms. The highest BCUT2D eigenvalue weighted by atomic mass is 127. The first-order valence-electron chi connectivity index (χ1n) is 7.56. The highest BCUT2D eigenvalue weighted by molar-refractivity contribution is 14.2. The van der Waals surface area contributed by atoms with Gasteiger partial charge < -0.3 is 5.32 Å². The number of anilines is 2. The summed E-state index contributed by atoms with van der Waals surface area (Å²) in [6.07, 6.45) is 2.39. The van der Waals surface area contributed by atoms with Crippen LogP contribution >= 0.6 is 51.8 Å². The van der Waals surface area contributed by atoms with Gasteiger partial charge in [-0.15, -0.1) is 11.8 Å². The molecule has 0 aliphatic heterocycles. The highest BCUT2D eigenvalue weighted by Crippen LogP contribution is 2.36. The lowest BCUT2D eigenvalue weighted by molar-refractivity contribution is 0.624. The zero-order chi connectivity index (χ0) is 18.6. The predicted octanol–water partition coefficient (Wildman–Crippen LogP) is 6.82. The third-order valence-electron chi connectivity index (χ3n) is 3.27. The number of halogens is 3. The Balaban J connectivity index is 0.00000109. The van der Waals surface area contributed by atoms with E-state index in [1.165, 1.54) is 23.9 Å². The smallest absolute Gasteiger partial charge is 0.167 e. The van der Waals surface area contributed by atoms with Gasteiger partial charge in [-0.3, -0.25) is 4.34 Å². The molecule has 0 fully saturated rings. The van der Waals surface area contributed by atoms with E-state index >= 15 is 0 Å². The average Bonchev–Trinajstić information content (AvgIpc) is 2.93. The molecule has 1 aromatic carbocycles. The molecule has 1 N–H and O–H groups in total. The van der Waals surface area contributed by atoms with Crippen LogP contribution in [0.2, 0.25) is 5.15 Å². The molecule has 0 amide bonds. The van der Waals surface area contributed by atoms with Crippen LogP contribution in [-0.2, 0) is 0 Å². The number of benzene rings is 1. The number of aromatic nitrogens is 3. The van der Waals surface area contributed by atoms with Crippen LogP contribution in [0.1, 0.15) is 19.7 Å². The van der Waals surface area contributed by atoms with Gasteiger partial charge in [0.1, 0.15) is 22.3 Å². The summed E-state index contributed by atoms with van der Waals surface area (Å²) in [5.74, 6) is 0.624. The van der Waals surface area contributed by atoms with Crippen LogP contribution < -0.4 is 5.32 Å². The highest BCUT2D eigenvalue weighted by Gasteiger charge is 2.15. The monoisotopic (exact) mass is 510 g/mol. The van der Waals surface area contributed by atoms with Gasteiger partial charge in [0, 0.05) is 11.0 Å². The van der Waals surface area contributed by atoms with Crippen molar-refractivity contribution in [2.24, 2.45) is 0 Å². The van der Waals surface area contributed by atoms with Crippen molar-refractivity contribution in [1.29, 1.82) is 0 Å². The first kappa shape index (κ1) is 20.7. The van der Waals surface area contributed by atoms with Gasteiger partial charge in [-0.25, -0.2) is 14.4 Å².